The molecule has 1 aromatic heterocycles. The fourth-order valence-electron chi connectivity index (χ4n) is 1.45. The highest BCUT2D eigenvalue weighted by Gasteiger charge is 2.06. The molecule has 1 heterocycles. The third-order valence-electron chi connectivity index (χ3n) is 2.47. The smallest absolute Gasteiger partial charge is 0.277 e. The standard InChI is InChI=1S/C14H12BrFN2O2S/c1-9(12-6-7-13(15)21-12)17-18-14(19)8-20-11-5-3-2-4-10(11)16/h2-7H,8H2,1H3,(H,18,19)/b17-9-. The number of carbonyl (C=O) groups is 1. The molecule has 0 bridgehead atoms. The minimum Gasteiger partial charge on any atom is -0.481 e. The molecule has 7 heteroatoms. The molecule has 0 spiro atoms. The van der Waals surface area contributed by atoms with E-state index in [9.17, 15) is 9.18 Å². The molecule has 4 nitrogen and oxygen atoms in total. The number of hydrogen-bond donors (Lipinski definition) is 1. The van der Waals surface area contributed by atoms with Crippen molar-refractivity contribution >= 4 is 38.9 Å². The summed E-state index contributed by atoms with van der Waals surface area (Å²) < 4.78 is 19.4. The Balaban J connectivity index is 1.86. The molecule has 0 atom stereocenters. The third-order valence-corrected chi connectivity index (χ3v) is 4.21. The highest BCUT2D eigenvalue weighted by Crippen LogP contribution is 2.22. The van der Waals surface area contributed by atoms with Crippen molar-refractivity contribution in [2.75, 3.05) is 6.61 Å². The van der Waals surface area contributed by atoms with Gasteiger partial charge >= 0.3 is 0 Å². The number of carbonyl (C=O) groups excluding carboxylic acids is 1. The van der Waals surface area contributed by atoms with Crippen molar-refractivity contribution in [3.05, 3.63) is 50.9 Å². The van der Waals surface area contributed by atoms with Gasteiger partial charge in [0.1, 0.15) is 0 Å². The van der Waals surface area contributed by atoms with Gasteiger partial charge in [0.15, 0.2) is 18.2 Å². The molecular weight excluding hydrogens is 359 g/mol. The van der Waals surface area contributed by atoms with Gasteiger partial charge in [0.25, 0.3) is 5.91 Å². The lowest BCUT2D eigenvalue weighted by molar-refractivity contribution is -0.123. The number of ether oxygens (including phenoxy) is 1. The Morgan fingerprint density at radius 1 is 1.38 bits per heavy atom. The molecule has 0 aliphatic carbocycles. The fraction of sp³-hybridized carbons (Fsp3) is 0.143. The molecule has 1 amide bonds. The lowest BCUT2D eigenvalue weighted by Crippen LogP contribution is -2.25. The van der Waals surface area contributed by atoms with E-state index in [-0.39, 0.29) is 12.4 Å². The molecule has 0 aliphatic heterocycles. The first-order chi connectivity index (χ1) is 10.1. The maximum Gasteiger partial charge on any atom is 0.277 e. The molecule has 2 aromatic rings. The lowest BCUT2D eigenvalue weighted by atomic mass is 10.3. The summed E-state index contributed by atoms with van der Waals surface area (Å²) in [4.78, 5) is 12.5. The first kappa shape index (κ1) is 15.7. The zero-order valence-electron chi connectivity index (χ0n) is 11.1. The Morgan fingerprint density at radius 3 is 2.81 bits per heavy atom. The molecule has 110 valence electrons. The van der Waals surface area contributed by atoms with Crippen LogP contribution in [0.1, 0.15) is 11.8 Å². The van der Waals surface area contributed by atoms with Gasteiger partial charge < -0.3 is 4.74 Å². The molecule has 0 saturated carbocycles. The maximum atomic E-state index is 13.3. The summed E-state index contributed by atoms with van der Waals surface area (Å²) in [6.07, 6.45) is 0. The Bertz CT molecular complexity index is 672. The van der Waals surface area contributed by atoms with Crippen molar-refractivity contribution in [1.82, 2.24) is 5.43 Å². The van der Waals surface area contributed by atoms with Crippen LogP contribution in [0.2, 0.25) is 0 Å². The number of nitrogens with zero attached hydrogens (tertiary/aromatic N) is 1. The van der Waals surface area contributed by atoms with Gasteiger partial charge in [0.05, 0.1) is 14.4 Å². The van der Waals surface area contributed by atoms with Crippen LogP contribution in [0.4, 0.5) is 4.39 Å². The first-order valence-electron chi connectivity index (χ1n) is 6.02. The van der Waals surface area contributed by atoms with Crippen LogP contribution in [0.15, 0.2) is 45.3 Å². The monoisotopic (exact) mass is 370 g/mol. The third kappa shape index (κ3) is 4.64. The van der Waals surface area contributed by atoms with Crippen LogP contribution >= 0.6 is 27.3 Å². The number of para-hydroxylation sites is 1. The van der Waals surface area contributed by atoms with E-state index in [1.165, 1.54) is 23.5 Å². The molecule has 2 rings (SSSR count). The summed E-state index contributed by atoms with van der Waals surface area (Å²) >= 11 is 4.87. The van der Waals surface area contributed by atoms with Crippen molar-refractivity contribution in [3.8, 4) is 5.75 Å². The van der Waals surface area contributed by atoms with Gasteiger partial charge in [-0.05, 0) is 47.1 Å². The van der Waals surface area contributed by atoms with E-state index in [2.05, 4.69) is 26.5 Å². The summed E-state index contributed by atoms with van der Waals surface area (Å²) in [6, 6.07) is 9.71. The second-order valence-corrected chi connectivity index (χ2v) is 6.52. The summed E-state index contributed by atoms with van der Waals surface area (Å²) in [5.41, 5.74) is 3.06. The SMILES string of the molecule is C/C(=N/NC(=O)COc1ccccc1F)c1ccc(Br)s1. The number of nitrogens with one attached hydrogen (secondary N) is 1. The zero-order chi connectivity index (χ0) is 15.2. The Labute approximate surface area is 133 Å². The second kappa shape index (κ2) is 7.33. The average molecular weight is 371 g/mol. The number of rotatable bonds is 5. The number of halogens is 2. The fourth-order valence-corrected chi connectivity index (χ4v) is 2.78. The second-order valence-electron chi connectivity index (χ2n) is 4.06. The number of hydrazone groups is 1. The number of benzene rings is 1. The molecule has 1 aromatic carbocycles. The van der Waals surface area contributed by atoms with Crippen molar-refractivity contribution in [3.63, 3.8) is 0 Å². The molecule has 21 heavy (non-hydrogen) atoms. The van der Waals surface area contributed by atoms with Crippen molar-refractivity contribution in [2.24, 2.45) is 5.10 Å². The van der Waals surface area contributed by atoms with E-state index in [1.54, 1.807) is 19.1 Å². The van der Waals surface area contributed by atoms with Crippen LogP contribution in [0.5, 0.6) is 5.75 Å². The van der Waals surface area contributed by atoms with Gasteiger partial charge in [-0.3, -0.25) is 4.79 Å². The van der Waals surface area contributed by atoms with Crippen molar-refractivity contribution < 1.29 is 13.9 Å². The summed E-state index contributed by atoms with van der Waals surface area (Å²) in [5.74, 6) is -0.919. The summed E-state index contributed by atoms with van der Waals surface area (Å²) in [5, 5.41) is 3.98. The van der Waals surface area contributed by atoms with Gasteiger partial charge in [-0.2, -0.15) is 5.10 Å². The molecule has 0 unspecified atom stereocenters. The van der Waals surface area contributed by atoms with Crippen LogP contribution in [-0.4, -0.2) is 18.2 Å². The average Bonchev–Trinajstić information content (AvgIpc) is 2.90. The van der Waals surface area contributed by atoms with Gasteiger partial charge in [0, 0.05) is 0 Å². The highest BCUT2D eigenvalue weighted by atomic mass is 79.9. The zero-order valence-corrected chi connectivity index (χ0v) is 13.5. The quantitative estimate of drug-likeness (QED) is 0.645. The van der Waals surface area contributed by atoms with Gasteiger partial charge in [-0.15, -0.1) is 11.3 Å². The van der Waals surface area contributed by atoms with Crippen LogP contribution in [-0.2, 0) is 4.79 Å². The van der Waals surface area contributed by atoms with Crippen LogP contribution < -0.4 is 10.2 Å². The van der Waals surface area contributed by atoms with Crippen molar-refractivity contribution in [2.45, 2.75) is 6.92 Å². The summed E-state index contributed by atoms with van der Waals surface area (Å²) in [7, 11) is 0. The van der Waals surface area contributed by atoms with Gasteiger partial charge in [-0.25, -0.2) is 9.82 Å². The minimum absolute atomic E-state index is 0.0375. The summed E-state index contributed by atoms with van der Waals surface area (Å²) in [6.45, 7) is 1.49. The van der Waals surface area contributed by atoms with E-state index in [1.807, 2.05) is 12.1 Å². The molecule has 0 fully saturated rings. The Kier molecular flexibility index (Phi) is 5.46. The van der Waals surface area contributed by atoms with Crippen LogP contribution in [0.3, 0.4) is 0 Å². The first-order valence-corrected chi connectivity index (χ1v) is 7.63. The lowest BCUT2D eigenvalue weighted by Gasteiger charge is -2.06. The van der Waals surface area contributed by atoms with Crippen LogP contribution in [0, 0.1) is 5.82 Å². The van der Waals surface area contributed by atoms with Crippen LogP contribution in [0.25, 0.3) is 0 Å². The van der Waals surface area contributed by atoms with E-state index in [0.717, 1.165) is 8.66 Å². The molecule has 0 aliphatic rings. The van der Waals surface area contributed by atoms with E-state index < -0.39 is 11.7 Å². The van der Waals surface area contributed by atoms with E-state index in [0.29, 0.717) is 5.71 Å². The molecular formula is C14H12BrFN2O2S. The minimum atomic E-state index is -0.506. The van der Waals surface area contributed by atoms with Gasteiger partial charge in [-0.1, -0.05) is 12.1 Å². The molecule has 0 saturated heterocycles. The topological polar surface area (TPSA) is 50.7 Å². The molecule has 1 N–H and O–H groups in total. The Morgan fingerprint density at radius 2 is 2.14 bits per heavy atom. The predicted octanol–water partition coefficient (Wildman–Crippen LogP) is 3.57. The maximum absolute atomic E-state index is 13.3. The number of amides is 1. The van der Waals surface area contributed by atoms with Gasteiger partial charge in [0.2, 0.25) is 0 Å². The number of hydrogen-bond acceptors (Lipinski definition) is 4. The normalized spacial score (nSPS) is 11.3. The van der Waals surface area contributed by atoms with E-state index in [4.69, 9.17) is 4.74 Å². The van der Waals surface area contributed by atoms with Crippen molar-refractivity contribution in [1.29, 1.82) is 0 Å². The Hall–Kier alpha value is -1.73. The van der Waals surface area contributed by atoms with E-state index >= 15 is 0 Å². The predicted molar refractivity (Wildman–Crippen MR) is 84.3 cm³/mol. The molecule has 0 radical (unpaired) electrons. The highest BCUT2D eigenvalue weighted by molar-refractivity contribution is 9.11. The largest absolute Gasteiger partial charge is 0.481 e. The number of thiophene rings is 1.